The number of nitrogens with zero attached hydrogens (tertiary/aromatic N) is 2. The summed E-state index contributed by atoms with van der Waals surface area (Å²) in [5.74, 6) is 1.66. The minimum Gasteiger partial charge on any atom is -0.485 e. The maximum absolute atomic E-state index is 6.15. The Labute approximate surface area is 175 Å². The number of para-hydroxylation sites is 1. The van der Waals surface area contributed by atoms with Gasteiger partial charge in [-0.25, -0.2) is 4.98 Å². The standard InChI is InChI=1S/C26H21N3O/c1-4-11-20(12-5-1)19-30-23-17-10-18-29-25(23)28-24(21-13-6-2-7-14-21)26(29)27-22-15-8-3-9-16-22/h1-18,27H,19H2. The lowest BCUT2D eigenvalue weighted by atomic mass is 10.1. The first-order valence-electron chi connectivity index (χ1n) is 9.94. The van der Waals surface area contributed by atoms with Crippen LogP contribution in [0.4, 0.5) is 11.5 Å². The summed E-state index contributed by atoms with van der Waals surface area (Å²) in [5, 5.41) is 3.54. The Morgan fingerprint density at radius 3 is 2.13 bits per heavy atom. The number of rotatable bonds is 6. The summed E-state index contributed by atoms with van der Waals surface area (Å²) < 4.78 is 8.20. The van der Waals surface area contributed by atoms with E-state index in [0.717, 1.165) is 39.7 Å². The molecule has 0 bridgehead atoms. The number of hydrogen-bond donors (Lipinski definition) is 1. The van der Waals surface area contributed by atoms with Crippen LogP contribution in [0.15, 0.2) is 109 Å². The summed E-state index contributed by atoms with van der Waals surface area (Å²) in [4.78, 5) is 4.97. The van der Waals surface area contributed by atoms with Crippen LogP contribution >= 0.6 is 0 Å². The van der Waals surface area contributed by atoms with E-state index in [1.807, 2.05) is 85.1 Å². The molecule has 0 aliphatic heterocycles. The normalized spacial score (nSPS) is 10.8. The Morgan fingerprint density at radius 2 is 1.40 bits per heavy atom. The molecular formula is C26H21N3O. The quantitative estimate of drug-likeness (QED) is 0.368. The Bertz CT molecular complexity index is 1250. The van der Waals surface area contributed by atoms with Gasteiger partial charge < -0.3 is 10.1 Å². The number of aromatic nitrogens is 2. The highest BCUT2D eigenvalue weighted by Gasteiger charge is 2.17. The van der Waals surface area contributed by atoms with Gasteiger partial charge in [0.2, 0.25) is 0 Å². The van der Waals surface area contributed by atoms with E-state index in [0.29, 0.717) is 6.61 Å². The van der Waals surface area contributed by atoms with Crippen molar-refractivity contribution in [2.24, 2.45) is 0 Å². The van der Waals surface area contributed by atoms with E-state index in [4.69, 9.17) is 9.72 Å². The van der Waals surface area contributed by atoms with E-state index in [1.165, 1.54) is 0 Å². The fourth-order valence-electron chi connectivity index (χ4n) is 3.47. The molecule has 2 aromatic heterocycles. The highest BCUT2D eigenvalue weighted by Crippen LogP contribution is 2.34. The van der Waals surface area contributed by atoms with Crippen LogP contribution in [0.1, 0.15) is 5.56 Å². The molecule has 4 nitrogen and oxygen atoms in total. The zero-order valence-electron chi connectivity index (χ0n) is 16.4. The lowest BCUT2D eigenvalue weighted by molar-refractivity contribution is 0.308. The molecule has 0 amide bonds. The van der Waals surface area contributed by atoms with Crippen LogP contribution < -0.4 is 10.1 Å². The molecule has 30 heavy (non-hydrogen) atoms. The zero-order valence-corrected chi connectivity index (χ0v) is 16.4. The van der Waals surface area contributed by atoms with Crippen molar-refractivity contribution < 1.29 is 4.74 Å². The molecule has 2 heterocycles. The first kappa shape index (κ1) is 18.0. The minimum atomic E-state index is 0.496. The molecule has 0 unspecified atom stereocenters. The second-order valence-electron chi connectivity index (χ2n) is 7.01. The van der Waals surface area contributed by atoms with Crippen molar-refractivity contribution in [2.45, 2.75) is 6.61 Å². The summed E-state index contributed by atoms with van der Waals surface area (Å²) in [5.41, 5.74) is 4.85. The van der Waals surface area contributed by atoms with Gasteiger partial charge in [0.05, 0.1) is 0 Å². The lowest BCUT2D eigenvalue weighted by Gasteiger charge is -2.10. The SMILES string of the molecule is c1ccc(COc2cccn3c(Nc4ccccc4)c(-c4ccccc4)nc23)cc1. The third-order valence-corrected chi connectivity index (χ3v) is 4.94. The summed E-state index contributed by atoms with van der Waals surface area (Å²) in [6.07, 6.45) is 2.01. The largest absolute Gasteiger partial charge is 0.485 e. The van der Waals surface area contributed by atoms with Gasteiger partial charge >= 0.3 is 0 Å². The zero-order chi connectivity index (χ0) is 20.2. The van der Waals surface area contributed by atoms with Crippen molar-refractivity contribution in [2.75, 3.05) is 5.32 Å². The van der Waals surface area contributed by atoms with Crippen molar-refractivity contribution in [1.82, 2.24) is 9.38 Å². The van der Waals surface area contributed by atoms with Crippen LogP contribution in [-0.2, 0) is 6.61 Å². The van der Waals surface area contributed by atoms with Gasteiger partial charge in [-0.2, -0.15) is 0 Å². The number of anilines is 2. The van der Waals surface area contributed by atoms with E-state index < -0.39 is 0 Å². The van der Waals surface area contributed by atoms with E-state index in [9.17, 15) is 0 Å². The van der Waals surface area contributed by atoms with E-state index >= 15 is 0 Å². The molecular weight excluding hydrogens is 370 g/mol. The van der Waals surface area contributed by atoms with Crippen molar-refractivity contribution in [3.63, 3.8) is 0 Å². The Kier molecular flexibility index (Phi) is 4.88. The van der Waals surface area contributed by atoms with Gasteiger partial charge in [0.15, 0.2) is 11.4 Å². The highest BCUT2D eigenvalue weighted by atomic mass is 16.5. The number of benzene rings is 3. The van der Waals surface area contributed by atoms with Crippen molar-refractivity contribution in [3.05, 3.63) is 115 Å². The average Bonchev–Trinajstić information content (AvgIpc) is 3.18. The Hall–Kier alpha value is -4.05. The molecule has 0 fully saturated rings. The Balaban J connectivity index is 1.59. The molecule has 0 saturated heterocycles. The monoisotopic (exact) mass is 391 g/mol. The smallest absolute Gasteiger partial charge is 0.181 e. The topological polar surface area (TPSA) is 38.6 Å². The summed E-state index contributed by atoms with van der Waals surface area (Å²) in [6.45, 7) is 0.496. The molecule has 5 aromatic rings. The number of imidazole rings is 1. The van der Waals surface area contributed by atoms with Crippen LogP contribution in [0.5, 0.6) is 5.75 Å². The minimum absolute atomic E-state index is 0.496. The highest BCUT2D eigenvalue weighted by molar-refractivity contribution is 5.81. The first-order valence-corrected chi connectivity index (χ1v) is 9.94. The second-order valence-corrected chi connectivity index (χ2v) is 7.01. The molecule has 3 aromatic carbocycles. The molecule has 1 N–H and O–H groups in total. The van der Waals surface area contributed by atoms with E-state index in [1.54, 1.807) is 0 Å². The summed E-state index contributed by atoms with van der Waals surface area (Å²) in [7, 11) is 0. The van der Waals surface area contributed by atoms with Crippen molar-refractivity contribution >= 4 is 17.2 Å². The predicted octanol–water partition coefficient (Wildman–Crippen LogP) is 6.32. The number of pyridine rings is 1. The third kappa shape index (κ3) is 3.63. The molecule has 0 aliphatic rings. The number of hydrogen-bond acceptors (Lipinski definition) is 3. The summed E-state index contributed by atoms with van der Waals surface area (Å²) >= 11 is 0. The molecule has 0 atom stereocenters. The van der Waals surface area contributed by atoms with Crippen molar-refractivity contribution in [1.29, 1.82) is 0 Å². The molecule has 4 heteroatoms. The van der Waals surface area contributed by atoms with Gasteiger partial charge in [0.1, 0.15) is 18.1 Å². The lowest BCUT2D eigenvalue weighted by Crippen LogP contribution is -1.99. The number of ether oxygens (including phenoxy) is 1. The molecule has 0 aliphatic carbocycles. The van der Waals surface area contributed by atoms with Crippen LogP contribution in [0.3, 0.4) is 0 Å². The van der Waals surface area contributed by atoms with Crippen LogP contribution in [0, 0.1) is 0 Å². The van der Waals surface area contributed by atoms with Crippen molar-refractivity contribution in [3.8, 4) is 17.0 Å². The Morgan fingerprint density at radius 1 is 0.733 bits per heavy atom. The maximum atomic E-state index is 6.15. The fraction of sp³-hybridized carbons (Fsp3) is 0.0385. The average molecular weight is 391 g/mol. The third-order valence-electron chi connectivity index (χ3n) is 4.94. The first-order chi connectivity index (χ1) is 14.9. The van der Waals surface area contributed by atoms with Gasteiger partial charge in [0.25, 0.3) is 0 Å². The van der Waals surface area contributed by atoms with Crippen LogP contribution in [-0.4, -0.2) is 9.38 Å². The molecule has 0 spiro atoms. The van der Waals surface area contributed by atoms with Gasteiger partial charge in [-0.05, 0) is 29.8 Å². The van der Waals surface area contributed by atoms with Gasteiger partial charge in [-0.15, -0.1) is 0 Å². The van der Waals surface area contributed by atoms with Gasteiger partial charge in [0, 0.05) is 17.4 Å². The molecule has 146 valence electrons. The molecule has 0 radical (unpaired) electrons. The van der Waals surface area contributed by atoms with Crippen LogP contribution in [0.2, 0.25) is 0 Å². The second kappa shape index (κ2) is 8.13. The summed E-state index contributed by atoms with van der Waals surface area (Å²) in [6, 6.07) is 34.4. The number of nitrogens with one attached hydrogen (secondary N) is 1. The van der Waals surface area contributed by atoms with E-state index in [-0.39, 0.29) is 0 Å². The van der Waals surface area contributed by atoms with Gasteiger partial charge in [-0.1, -0.05) is 78.9 Å². The predicted molar refractivity (Wildman–Crippen MR) is 121 cm³/mol. The van der Waals surface area contributed by atoms with Gasteiger partial charge in [-0.3, -0.25) is 4.40 Å². The van der Waals surface area contributed by atoms with Crippen LogP contribution in [0.25, 0.3) is 16.9 Å². The fourth-order valence-corrected chi connectivity index (χ4v) is 3.47. The van der Waals surface area contributed by atoms with E-state index in [2.05, 4.69) is 34.0 Å². The molecule has 0 saturated carbocycles. The number of fused-ring (bicyclic) bond motifs is 1. The maximum Gasteiger partial charge on any atom is 0.181 e. The molecule has 5 rings (SSSR count).